The number of unbranched alkanes of at least 4 members (excludes halogenated alkanes) is 3. The first-order chi connectivity index (χ1) is 16.8. The maximum atomic E-state index is 12.6. The van der Waals surface area contributed by atoms with E-state index in [0.29, 0.717) is 45.3 Å². The van der Waals surface area contributed by atoms with Crippen LogP contribution in [0.3, 0.4) is 0 Å². The Labute approximate surface area is 211 Å². The highest BCUT2D eigenvalue weighted by atomic mass is 35.5. The molecule has 4 N–H and O–H groups in total. The summed E-state index contributed by atoms with van der Waals surface area (Å²) in [5.41, 5.74) is 2.83. The van der Waals surface area contributed by atoms with Crippen molar-refractivity contribution in [2.75, 3.05) is 10.6 Å². The van der Waals surface area contributed by atoms with E-state index < -0.39 is 5.91 Å². The van der Waals surface area contributed by atoms with Crippen LogP contribution in [0.15, 0.2) is 35.3 Å². The number of aryl methyl sites for hydroxylation is 2. The van der Waals surface area contributed by atoms with E-state index in [1.54, 1.807) is 23.0 Å². The molecule has 0 aliphatic carbocycles. The second kappa shape index (κ2) is 12.4. The zero-order chi connectivity index (χ0) is 25.4. The molecule has 2 heterocycles. The van der Waals surface area contributed by atoms with Crippen LogP contribution in [0.2, 0.25) is 5.02 Å². The van der Waals surface area contributed by atoms with Gasteiger partial charge >= 0.3 is 0 Å². The Balaban J connectivity index is 1.57. The summed E-state index contributed by atoms with van der Waals surface area (Å²) < 4.78 is 1.60. The third-order valence-electron chi connectivity index (χ3n) is 5.28. The van der Waals surface area contributed by atoms with Crippen molar-refractivity contribution in [3.8, 4) is 0 Å². The fourth-order valence-electron chi connectivity index (χ4n) is 3.43. The zero-order valence-corrected chi connectivity index (χ0v) is 21.0. The molecule has 12 heteroatoms. The molecule has 10 nitrogen and oxygen atoms in total. The molecule has 0 unspecified atom stereocenters. The normalized spacial score (nSPS) is 10.7. The Kier molecular flexibility index (Phi) is 9.35. The summed E-state index contributed by atoms with van der Waals surface area (Å²) in [4.78, 5) is 45.3. The Morgan fingerprint density at radius 2 is 1.94 bits per heavy atom. The summed E-state index contributed by atoms with van der Waals surface area (Å²) in [5.74, 6) is 0.182. The molecule has 3 rings (SSSR count). The molecule has 1 aromatic carbocycles. The molecule has 2 amide bonds. The lowest BCUT2D eigenvalue weighted by Gasteiger charge is -2.11. The molecule has 2 aromatic heterocycles. The van der Waals surface area contributed by atoms with Gasteiger partial charge in [0.2, 0.25) is 5.91 Å². The number of carbonyl (C=O) groups is 2. The molecule has 0 bridgehead atoms. The highest BCUT2D eigenvalue weighted by Crippen LogP contribution is 2.27. The summed E-state index contributed by atoms with van der Waals surface area (Å²) in [6, 6.07) is 6.77. The molecule has 0 aliphatic rings. The minimum Gasteiger partial charge on any atom is -0.320 e. The number of anilines is 3. The van der Waals surface area contributed by atoms with Crippen molar-refractivity contribution >= 4 is 51.4 Å². The van der Waals surface area contributed by atoms with Gasteiger partial charge in [-0.2, -0.15) is 0 Å². The molecule has 0 spiro atoms. The van der Waals surface area contributed by atoms with Gasteiger partial charge in [-0.05, 0) is 38.3 Å². The molecule has 186 valence electrons. The molecular formula is C23H27ClN6O4S. The van der Waals surface area contributed by atoms with Crippen LogP contribution >= 0.6 is 22.9 Å². The number of nitrogens with zero attached hydrogens (tertiary/aromatic N) is 3. The number of halogens is 1. The highest BCUT2D eigenvalue weighted by Gasteiger charge is 2.15. The quantitative estimate of drug-likeness (QED) is 0.167. The van der Waals surface area contributed by atoms with Gasteiger partial charge in [0.15, 0.2) is 5.13 Å². The summed E-state index contributed by atoms with van der Waals surface area (Å²) in [7, 11) is 0. The fraction of sp³-hybridized carbons (Fsp3) is 0.348. The first kappa shape index (κ1) is 26.3. The van der Waals surface area contributed by atoms with E-state index in [0.717, 1.165) is 36.2 Å². The maximum absolute atomic E-state index is 12.6. The van der Waals surface area contributed by atoms with Crippen LogP contribution in [0.1, 0.15) is 53.2 Å². The van der Waals surface area contributed by atoms with Gasteiger partial charge in [0, 0.05) is 19.0 Å². The van der Waals surface area contributed by atoms with Crippen molar-refractivity contribution in [1.29, 1.82) is 0 Å². The lowest BCUT2D eigenvalue weighted by atomic mass is 10.1. The van der Waals surface area contributed by atoms with Crippen molar-refractivity contribution < 1.29 is 14.8 Å². The molecule has 0 saturated heterocycles. The summed E-state index contributed by atoms with van der Waals surface area (Å²) in [5, 5.41) is 15.2. The number of para-hydroxylation sites is 1. The van der Waals surface area contributed by atoms with Crippen LogP contribution in [0.4, 0.5) is 16.6 Å². The predicted octanol–water partition coefficient (Wildman–Crippen LogP) is 4.42. The topological polar surface area (TPSA) is 138 Å². The number of aromatic nitrogens is 3. The van der Waals surface area contributed by atoms with E-state index in [1.807, 2.05) is 19.1 Å². The number of thiazole rings is 1. The van der Waals surface area contributed by atoms with Crippen molar-refractivity contribution in [2.45, 2.75) is 52.5 Å². The lowest BCUT2D eigenvalue weighted by Crippen LogP contribution is -2.23. The van der Waals surface area contributed by atoms with Crippen LogP contribution in [-0.2, 0) is 11.3 Å². The summed E-state index contributed by atoms with van der Waals surface area (Å²) in [6.07, 6.45) is 4.84. The number of hydroxylamine groups is 1. The molecule has 0 saturated carbocycles. The molecule has 0 aliphatic heterocycles. The summed E-state index contributed by atoms with van der Waals surface area (Å²) in [6.45, 7) is 4.13. The van der Waals surface area contributed by atoms with Gasteiger partial charge < -0.3 is 10.6 Å². The second-order valence-corrected chi connectivity index (χ2v) is 9.36. The average Bonchev–Trinajstić information content (AvgIpc) is 3.28. The monoisotopic (exact) mass is 518 g/mol. The number of nitrogens with one attached hydrogen (secondary N) is 3. The minimum absolute atomic E-state index is 0.191. The van der Waals surface area contributed by atoms with Crippen molar-refractivity contribution in [2.24, 2.45) is 0 Å². The van der Waals surface area contributed by atoms with Gasteiger partial charge in [-0.25, -0.2) is 15.4 Å². The molecule has 35 heavy (non-hydrogen) atoms. The van der Waals surface area contributed by atoms with Gasteiger partial charge in [0.25, 0.3) is 11.5 Å². The Hall–Kier alpha value is -3.28. The van der Waals surface area contributed by atoms with Gasteiger partial charge in [-0.3, -0.25) is 24.2 Å². The van der Waals surface area contributed by atoms with Crippen LogP contribution < -0.4 is 21.7 Å². The summed E-state index contributed by atoms with van der Waals surface area (Å²) >= 11 is 7.32. The van der Waals surface area contributed by atoms with Crippen molar-refractivity contribution in [3.63, 3.8) is 0 Å². The lowest BCUT2D eigenvalue weighted by molar-refractivity contribution is -0.129. The zero-order valence-electron chi connectivity index (χ0n) is 19.4. The van der Waals surface area contributed by atoms with Crippen LogP contribution in [0.25, 0.3) is 0 Å². The first-order valence-electron chi connectivity index (χ1n) is 11.1. The van der Waals surface area contributed by atoms with Crippen LogP contribution in [-0.4, -0.2) is 31.6 Å². The SMILES string of the molecule is Cc1cccc(Cl)c1NC(=O)c1cnc(Nc2cc(=O)n(CCCCCCC(=O)NO)c(C)n2)s1. The van der Waals surface area contributed by atoms with E-state index in [-0.39, 0.29) is 17.9 Å². The Bertz CT molecular complexity index is 1240. The van der Waals surface area contributed by atoms with Gasteiger partial charge in [0.05, 0.1) is 16.9 Å². The number of amides is 2. The van der Waals surface area contributed by atoms with Crippen molar-refractivity contribution in [1.82, 2.24) is 20.0 Å². The van der Waals surface area contributed by atoms with E-state index >= 15 is 0 Å². The molecule has 0 atom stereocenters. The molecular weight excluding hydrogens is 492 g/mol. The number of carbonyl (C=O) groups excluding carboxylic acids is 2. The highest BCUT2D eigenvalue weighted by molar-refractivity contribution is 7.17. The molecule has 3 aromatic rings. The smallest absolute Gasteiger partial charge is 0.267 e. The number of hydrogen-bond acceptors (Lipinski definition) is 8. The third kappa shape index (κ3) is 7.35. The van der Waals surface area contributed by atoms with E-state index in [2.05, 4.69) is 20.6 Å². The molecule has 0 fully saturated rings. The number of rotatable bonds is 11. The average molecular weight is 519 g/mol. The van der Waals surface area contributed by atoms with E-state index in [4.69, 9.17) is 16.8 Å². The molecule has 0 radical (unpaired) electrons. The van der Waals surface area contributed by atoms with Crippen molar-refractivity contribution in [3.05, 3.63) is 62.1 Å². The van der Waals surface area contributed by atoms with Gasteiger partial charge in [-0.15, -0.1) is 0 Å². The van der Waals surface area contributed by atoms with E-state index in [1.165, 1.54) is 12.3 Å². The van der Waals surface area contributed by atoms with E-state index in [9.17, 15) is 14.4 Å². The Morgan fingerprint density at radius 1 is 1.17 bits per heavy atom. The largest absolute Gasteiger partial charge is 0.320 e. The first-order valence-corrected chi connectivity index (χ1v) is 12.3. The van der Waals surface area contributed by atoms with Gasteiger partial charge in [-0.1, -0.05) is 47.9 Å². The maximum Gasteiger partial charge on any atom is 0.267 e. The number of hydrogen-bond donors (Lipinski definition) is 4. The standard InChI is InChI=1S/C23H27ClN6O4S/c1-14-8-7-9-16(24)21(14)28-22(33)17-13-25-23(35-17)27-18-12-20(32)30(15(2)26-18)11-6-4-3-5-10-19(31)29-34/h7-9,12-13,34H,3-6,10-11H2,1-2H3,(H,25,27)(H,28,33)(H,29,31). The number of benzene rings is 1. The van der Waals surface area contributed by atoms with Crippen LogP contribution in [0, 0.1) is 13.8 Å². The van der Waals surface area contributed by atoms with Gasteiger partial charge in [0.1, 0.15) is 16.5 Å². The minimum atomic E-state index is -0.395. The fourth-order valence-corrected chi connectivity index (χ4v) is 4.42. The third-order valence-corrected chi connectivity index (χ3v) is 6.51. The second-order valence-electron chi connectivity index (χ2n) is 7.92. The predicted molar refractivity (Wildman–Crippen MR) is 136 cm³/mol. The Morgan fingerprint density at radius 3 is 2.66 bits per heavy atom. The van der Waals surface area contributed by atoms with Crippen LogP contribution in [0.5, 0.6) is 0 Å².